The van der Waals surface area contributed by atoms with Crippen molar-refractivity contribution in [3.63, 3.8) is 0 Å². The van der Waals surface area contributed by atoms with Crippen molar-refractivity contribution in [1.82, 2.24) is 0 Å². The summed E-state index contributed by atoms with van der Waals surface area (Å²) in [6, 6.07) is 10.2. The van der Waals surface area contributed by atoms with Gasteiger partial charge in [0.2, 0.25) is 0 Å². The minimum Gasteiger partial charge on any atom is -0.478 e. The molecule has 2 aromatic carbocycles. The molecule has 0 saturated carbocycles. The Balaban J connectivity index is 2.01. The molecule has 0 atom stereocenters. The number of carboxylic acid groups (broad SMARTS) is 1. The van der Waals surface area contributed by atoms with Crippen LogP contribution in [0.15, 0.2) is 47.6 Å². The molecule has 2 aromatic rings. The highest BCUT2D eigenvalue weighted by molar-refractivity contribution is 6.33. The van der Waals surface area contributed by atoms with Crippen LogP contribution in [0.5, 0.6) is 5.75 Å². The molecule has 5 nitrogen and oxygen atoms in total. The van der Waals surface area contributed by atoms with Crippen molar-refractivity contribution in [3.05, 3.63) is 58.6 Å². The molecule has 0 unspecified atom stereocenters. The van der Waals surface area contributed by atoms with Crippen molar-refractivity contribution in [2.24, 2.45) is 5.10 Å². The lowest BCUT2D eigenvalue weighted by atomic mass is 10.2. The zero-order valence-corrected chi connectivity index (χ0v) is 12.3. The summed E-state index contributed by atoms with van der Waals surface area (Å²) in [4.78, 5) is 11.0. The number of ether oxygens (including phenoxy) is 1. The van der Waals surface area contributed by atoms with Gasteiger partial charge in [-0.15, -0.1) is 0 Å². The van der Waals surface area contributed by atoms with E-state index in [4.69, 9.17) is 16.7 Å². The monoisotopic (exact) mass is 340 g/mol. The van der Waals surface area contributed by atoms with E-state index in [1.807, 2.05) is 0 Å². The number of nitrogens with zero attached hydrogens (tertiary/aromatic N) is 1. The van der Waals surface area contributed by atoms with Gasteiger partial charge in [-0.05, 0) is 48.0 Å². The maximum Gasteiger partial charge on any atom is 0.387 e. The third-order valence-corrected chi connectivity index (χ3v) is 3.04. The first-order valence-corrected chi connectivity index (χ1v) is 6.70. The number of hydrogen-bond acceptors (Lipinski definition) is 4. The first-order chi connectivity index (χ1) is 11.0. The number of hydrogen-bond donors (Lipinski definition) is 2. The minimum absolute atomic E-state index is 0.0413. The largest absolute Gasteiger partial charge is 0.478 e. The van der Waals surface area contributed by atoms with E-state index < -0.39 is 12.6 Å². The molecule has 0 radical (unpaired) electrons. The molecule has 0 aliphatic carbocycles. The second-order valence-electron chi connectivity index (χ2n) is 4.32. The van der Waals surface area contributed by atoms with E-state index in [0.717, 1.165) is 0 Å². The van der Waals surface area contributed by atoms with E-state index in [2.05, 4.69) is 15.3 Å². The first-order valence-electron chi connectivity index (χ1n) is 6.32. The van der Waals surface area contributed by atoms with Gasteiger partial charge in [0, 0.05) is 0 Å². The quantitative estimate of drug-likeness (QED) is 0.614. The summed E-state index contributed by atoms with van der Waals surface area (Å²) in [5, 5.41) is 13.0. The van der Waals surface area contributed by atoms with Crippen LogP contribution in [-0.4, -0.2) is 23.9 Å². The number of aromatic carboxylic acids is 1. The standard InChI is InChI=1S/C15H11ClF2N2O3/c16-13-6-3-10(7-12(13)14(21)22)20-19-8-9-1-4-11(5-2-9)23-15(17)18/h1-8,15,20H,(H,21,22)/b19-8+. The Labute approximate surface area is 135 Å². The molecule has 0 aromatic heterocycles. The Morgan fingerprint density at radius 2 is 1.96 bits per heavy atom. The van der Waals surface area contributed by atoms with Crippen LogP contribution in [-0.2, 0) is 0 Å². The first kappa shape index (κ1) is 16.7. The molecule has 2 N–H and O–H groups in total. The predicted octanol–water partition coefficient (Wildman–Crippen LogP) is 4.09. The number of anilines is 1. The normalized spacial score (nSPS) is 11.0. The number of benzene rings is 2. The van der Waals surface area contributed by atoms with Gasteiger partial charge in [-0.1, -0.05) is 11.6 Å². The third kappa shape index (κ3) is 4.93. The lowest BCUT2D eigenvalue weighted by Crippen LogP contribution is -2.01. The molecule has 0 heterocycles. The van der Waals surface area contributed by atoms with Crippen LogP contribution in [0.4, 0.5) is 14.5 Å². The second-order valence-corrected chi connectivity index (χ2v) is 4.72. The van der Waals surface area contributed by atoms with E-state index in [0.29, 0.717) is 11.3 Å². The maximum atomic E-state index is 12.0. The fraction of sp³-hybridized carbons (Fsp3) is 0.0667. The lowest BCUT2D eigenvalue weighted by molar-refractivity contribution is -0.0498. The van der Waals surface area contributed by atoms with Crippen molar-refractivity contribution in [3.8, 4) is 5.75 Å². The molecule has 2 rings (SSSR count). The average Bonchev–Trinajstić information content (AvgIpc) is 2.50. The zero-order chi connectivity index (χ0) is 16.8. The van der Waals surface area contributed by atoms with E-state index in [1.54, 1.807) is 18.2 Å². The molecule has 8 heteroatoms. The summed E-state index contributed by atoms with van der Waals surface area (Å²) in [7, 11) is 0. The Morgan fingerprint density at radius 1 is 1.26 bits per heavy atom. The van der Waals surface area contributed by atoms with Crippen molar-refractivity contribution < 1.29 is 23.4 Å². The van der Waals surface area contributed by atoms with Gasteiger partial charge in [0.15, 0.2) is 0 Å². The van der Waals surface area contributed by atoms with Crippen LogP contribution in [0.25, 0.3) is 0 Å². The van der Waals surface area contributed by atoms with E-state index in [-0.39, 0.29) is 16.3 Å². The highest BCUT2D eigenvalue weighted by Crippen LogP contribution is 2.20. The highest BCUT2D eigenvalue weighted by Gasteiger charge is 2.08. The number of hydrazone groups is 1. The van der Waals surface area contributed by atoms with Gasteiger partial charge in [-0.2, -0.15) is 13.9 Å². The van der Waals surface area contributed by atoms with Crippen molar-refractivity contribution >= 4 is 29.5 Å². The average molecular weight is 341 g/mol. The Hall–Kier alpha value is -2.67. The molecule has 23 heavy (non-hydrogen) atoms. The van der Waals surface area contributed by atoms with Gasteiger partial charge in [-0.3, -0.25) is 5.43 Å². The summed E-state index contributed by atoms with van der Waals surface area (Å²) in [6.45, 7) is -2.87. The smallest absolute Gasteiger partial charge is 0.387 e. The van der Waals surface area contributed by atoms with Gasteiger partial charge in [-0.25, -0.2) is 4.79 Å². The van der Waals surface area contributed by atoms with E-state index in [1.165, 1.54) is 30.5 Å². The number of halogens is 3. The molecular weight excluding hydrogens is 330 g/mol. The molecule has 120 valence electrons. The highest BCUT2D eigenvalue weighted by atomic mass is 35.5. The van der Waals surface area contributed by atoms with Gasteiger partial charge < -0.3 is 9.84 Å². The number of alkyl halides is 2. The SMILES string of the molecule is O=C(O)c1cc(N/N=C/c2ccc(OC(F)F)cc2)ccc1Cl. The summed E-state index contributed by atoms with van der Waals surface area (Å²) in [5.41, 5.74) is 3.71. The third-order valence-electron chi connectivity index (χ3n) is 2.71. The zero-order valence-electron chi connectivity index (χ0n) is 11.5. The van der Waals surface area contributed by atoms with Crippen LogP contribution in [0.1, 0.15) is 15.9 Å². The molecule has 0 aliphatic heterocycles. The molecule has 0 bridgehead atoms. The Kier molecular flexibility index (Phi) is 5.48. The molecule has 0 saturated heterocycles. The van der Waals surface area contributed by atoms with Crippen LogP contribution in [0.2, 0.25) is 5.02 Å². The van der Waals surface area contributed by atoms with Gasteiger partial charge in [0.25, 0.3) is 0 Å². The Morgan fingerprint density at radius 3 is 2.57 bits per heavy atom. The lowest BCUT2D eigenvalue weighted by Gasteiger charge is -2.04. The summed E-state index contributed by atoms with van der Waals surface area (Å²) in [5.74, 6) is -1.09. The van der Waals surface area contributed by atoms with Gasteiger partial charge in [0.1, 0.15) is 5.75 Å². The number of rotatable bonds is 6. The minimum atomic E-state index is -2.87. The fourth-order valence-electron chi connectivity index (χ4n) is 1.68. The molecule has 0 aliphatic rings. The second kappa shape index (κ2) is 7.55. The van der Waals surface area contributed by atoms with Crippen LogP contribution < -0.4 is 10.2 Å². The maximum absolute atomic E-state index is 12.0. The summed E-state index contributed by atoms with van der Waals surface area (Å²) >= 11 is 5.76. The summed E-state index contributed by atoms with van der Waals surface area (Å²) in [6.07, 6.45) is 1.45. The topological polar surface area (TPSA) is 70.9 Å². The fourth-order valence-corrected chi connectivity index (χ4v) is 1.87. The number of carbonyl (C=O) groups is 1. The van der Waals surface area contributed by atoms with E-state index in [9.17, 15) is 13.6 Å². The number of nitrogens with one attached hydrogen (secondary N) is 1. The van der Waals surface area contributed by atoms with Gasteiger partial charge in [0.05, 0.1) is 22.5 Å². The van der Waals surface area contributed by atoms with Crippen LogP contribution >= 0.6 is 11.6 Å². The molecule has 0 fully saturated rings. The van der Waals surface area contributed by atoms with Crippen molar-refractivity contribution in [1.29, 1.82) is 0 Å². The van der Waals surface area contributed by atoms with Crippen molar-refractivity contribution in [2.45, 2.75) is 6.61 Å². The van der Waals surface area contributed by atoms with Crippen LogP contribution in [0.3, 0.4) is 0 Å². The molecule has 0 spiro atoms. The number of carboxylic acids is 1. The molecular formula is C15H11ClF2N2O3. The predicted molar refractivity (Wildman–Crippen MR) is 82.7 cm³/mol. The Bertz CT molecular complexity index is 721. The molecule has 0 amide bonds. The van der Waals surface area contributed by atoms with Crippen molar-refractivity contribution in [2.75, 3.05) is 5.43 Å². The van der Waals surface area contributed by atoms with Crippen LogP contribution in [0, 0.1) is 0 Å². The van der Waals surface area contributed by atoms with E-state index >= 15 is 0 Å². The van der Waals surface area contributed by atoms with Gasteiger partial charge >= 0.3 is 12.6 Å². The summed E-state index contributed by atoms with van der Waals surface area (Å²) < 4.78 is 28.3.